The van der Waals surface area contributed by atoms with Crippen molar-refractivity contribution in [1.82, 2.24) is 14.8 Å². The van der Waals surface area contributed by atoms with Crippen molar-refractivity contribution in [1.29, 1.82) is 0 Å². The lowest BCUT2D eigenvalue weighted by Crippen LogP contribution is -2.10. The fourth-order valence-corrected chi connectivity index (χ4v) is 2.04. The van der Waals surface area contributed by atoms with E-state index in [4.69, 9.17) is 11.6 Å². The number of hydrogen-bond donors (Lipinski definition) is 1. The van der Waals surface area contributed by atoms with Crippen molar-refractivity contribution in [3.8, 4) is 0 Å². The van der Waals surface area contributed by atoms with E-state index < -0.39 is 0 Å². The van der Waals surface area contributed by atoms with Gasteiger partial charge in [-0.25, -0.2) is 9.67 Å². The SMILES string of the molecule is CCCn1ncnc1CNc1ccccc1CCl. The van der Waals surface area contributed by atoms with Crippen LogP contribution in [0.3, 0.4) is 0 Å². The number of hydrogen-bond acceptors (Lipinski definition) is 3. The highest BCUT2D eigenvalue weighted by Gasteiger charge is 2.05. The van der Waals surface area contributed by atoms with Crippen molar-refractivity contribution < 1.29 is 0 Å². The molecule has 0 saturated carbocycles. The third kappa shape index (κ3) is 3.01. The number of benzene rings is 1. The van der Waals surface area contributed by atoms with Crippen LogP contribution in [0.25, 0.3) is 0 Å². The van der Waals surface area contributed by atoms with Crippen molar-refractivity contribution in [2.45, 2.75) is 32.3 Å². The van der Waals surface area contributed by atoms with Crippen molar-refractivity contribution >= 4 is 17.3 Å². The van der Waals surface area contributed by atoms with Crippen LogP contribution in [0, 0.1) is 0 Å². The summed E-state index contributed by atoms with van der Waals surface area (Å²) in [5.74, 6) is 1.45. The van der Waals surface area contributed by atoms with E-state index in [1.54, 1.807) is 6.33 Å². The van der Waals surface area contributed by atoms with Crippen molar-refractivity contribution in [2.24, 2.45) is 0 Å². The lowest BCUT2D eigenvalue weighted by Gasteiger charge is -2.10. The highest BCUT2D eigenvalue weighted by Crippen LogP contribution is 2.17. The van der Waals surface area contributed by atoms with Crippen LogP contribution < -0.4 is 5.32 Å². The lowest BCUT2D eigenvalue weighted by molar-refractivity contribution is 0.574. The lowest BCUT2D eigenvalue weighted by atomic mass is 10.2. The molecule has 0 spiro atoms. The Morgan fingerprint density at radius 3 is 2.94 bits per heavy atom. The summed E-state index contributed by atoms with van der Waals surface area (Å²) in [6, 6.07) is 8.03. The average Bonchev–Trinajstić information content (AvgIpc) is 2.84. The van der Waals surface area contributed by atoms with Gasteiger partial charge in [-0.1, -0.05) is 25.1 Å². The molecule has 0 amide bonds. The van der Waals surface area contributed by atoms with Crippen LogP contribution in [0.1, 0.15) is 24.7 Å². The molecule has 1 aromatic heterocycles. The molecule has 0 radical (unpaired) electrons. The summed E-state index contributed by atoms with van der Waals surface area (Å²) in [5.41, 5.74) is 2.15. The number of anilines is 1. The molecule has 0 aliphatic rings. The molecule has 0 bridgehead atoms. The van der Waals surface area contributed by atoms with Crippen LogP contribution in [0.2, 0.25) is 0 Å². The third-order valence-corrected chi connectivity index (χ3v) is 3.02. The van der Waals surface area contributed by atoms with E-state index in [1.165, 1.54) is 0 Å². The van der Waals surface area contributed by atoms with Gasteiger partial charge in [0, 0.05) is 18.1 Å². The van der Waals surface area contributed by atoms with Gasteiger partial charge >= 0.3 is 0 Å². The second kappa shape index (κ2) is 6.40. The van der Waals surface area contributed by atoms with Crippen LogP contribution >= 0.6 is 11.6 Å². The molecule has 96 valence electrons. The van der Waals surface area contributed by atoms with Gasteiger partial charge in [0.2, 0.25) is 0 Å². The van der Waals surface area contributed by atoms with Crippen molar-refractivity contribution in [3.63, 3.8) is 0 Å². The number of aromatic nitrogens is 3. The summed E-state index contributed by atoms with van der Waals surface area (Å²) < 4.78 is 1.93. The smallest absolute Gasteiger partial charge is 0.146 e. The molecule has 1 N–H and O–H groups in total. The highest BCUT2D eigenvalue weighted by molar-refractivity contribution is 6.17. The van der Waals surface area contributed by atoms with Gasteiger partial charge < -0.3 is 5.32 Å². The second-order valence-electron chi connectivity index (χ2n) is 4.04. The molecule has 5 heteroatoms. The average molecular weight is 265 g/mol. The van der Waals surface area contributed by atoms with Crippen LogP contribution in [0.15, 0.2) is 30.6 Å². The summed E-state index contributed by atoms with van der Waals surface area (Å²) in [4.78, 5) is 4.26. The molecule has 0 saturated heterocycles. The van der Waals surface area contributed by atoms with Gasteiger partial charge in [-0.05, 0) is 18.1 Å². The van der Waals surface area contributed by atoms with E-state index in [2.05, 4.69) is 22.3 Å². The normalized spacial score (nSPS) is 10.6. The number of aryl methyl sites for hydroxylation is 1. The molecule has 0 aliphatic heterocycles. The van der Waals surface area contributed by atoms with E-state index in [0.29, 0.717) is 12.4 Å². The van der Waals surface area contributed by atoms with Crippen LogP contribution in [0.5, 0.6) is 0 Å². The minimum Gasteiger partial charge on any atom is -0.377 e. The Hall–Kier alpha value is -1.55. The van der Waals surface area contributed by atoms with Crippen LogP contribution in [-0.4, -0.2) is 14.8 Å². The molecule has 1 heterocycles. The number of para-hydroxylation sites is 1. The largest absolute Gasteiger partial charge is 0.377 e. The predicted octanol–water partition coefficient (Wildman–Crippen LogP) is 3.04. The summed E-state index contributed by atoms with van der Waals surface area (Å²) >= 11 is 5.90. The number of alkyl halides is 1. The Kier molecular flexibility index (Phi) is 4.59. The summed E-state index contributed by atoms with van der Waals surface area (Å²) in [6.07, 6.45) is 2.65. The molecular formula is C13H17ClN4. The topological polar surface area (TPSA) is 42.7 Å². The summed E-state index contributed by atoms with van der Waals surface area (Å²) in [6.45, 7) is 3.68. The molecule has 2 rings (SSSR count). The quantitative estimate of drug-likeness (QED) is 0.816. The minimum atomic E-state index is 0.505. The zero-order valence-corrected chi connectivity index (χ0v) is 11.2. The van der Waals surface area contributed by atoms with Gasteiger partial charge in [-0.15, -0.1) is 11.6 Å². The molecule has 0 unspecified atom stereocenters. The first-order chi connectivity index (χ1) is 8.85. The van der Waals surface area contributed by atoms with Gasteiger partial charge in [0.05, 0.1) is 6.54 Å². The number of rotatable bonds is 6. The summed E-state index contributed by atoms with van der Waals surface area (Å²) in [7, 11) is 0. The molecular weight excluding hydrogens is 248 g/mol. The molecule has 0 fully saturated rings. The maximum absolute atomic E-state index is 5.90. The highest BCUT2D eigenvalue weighted by atomic mass is 35.5. The van der Waals surface area contributed by atoms with E-state index >= 15 is 0 Å². The maximum Gasteiger partial charge on any atom is 0.146 e. The first kappa shape index (κ1) is 12.9. The predicted molar refractivity (Wildman–Crippen MR) is 73.6 cm³/mol. The minimum absolute atomic E-state index is 0.505. The van der Waals surface area contributed by atoms with E-state index in [-0.39, 0.29) is 0 Å². The van der Waals surface area contributed by atoms with Crippen LogP contribution in [-0.2, 0) is 19.0 Å². The molecule has 2 aromatic rings. The van der Waals surface area contributed by atoms with E-state index in [1.807, 2.05) is 28.9 Å². The van der Waals surface area contributed by atoms with E-state index in [9.17, 15) is 0 Å². The van der Waals surface area contributed by atoms with Crippen molar-refractivity contribution in [2.75, 3.05) is 5.32 Å². The Labute approximate surface area is 112 Å². The monoisotopic (exact) mass is 264 g/mol. The summed E-state index contributed by atoms with van der Waals surface area (Å²) in [5, 5.41) is 7.56. The van der Waals surface area contributed by atoms with Gasteiger partial charge in [-0.2, -0.15) is 5.10 Å². The van der Waals surface area contributed by atoms with Gasteiger partial charge in [0.25, 0.3) is 0 Å². The van der Waals surface area contributed by atoms with E-state index in [0.717, 1.165) is 30.0 Å². The van der Waals surface area contributed by atoms with Gasteiger partial charge in [0.15, 0.2) is 0 Å². The van der Waals surface area contributed by atoms with Crippen molar-refractivity contribution in [3.05, 3.63) is 42.0 Å². The Bertz CT molecular complexity index is 495. The number of nitrogens with zero attached hydrogens (tertiary/aromatic N) is 3. The molecule has 18 heavy (non-hydrogen) atoms. The Morgan fingerprint density at radius 2 is 2.17 bits per heavy atom. The number of nitrogens with one attached hydrogen (secondary N) is 1. The molecule has 1 aromatic carbocycles. The first-order valence-electron chi connectivity index (χ1n) is 6.09. The van der Waals surface area contributed by atoms with Crippen LogP contribution in [0.4, 0.5) is 5.69 Å². The third-order valence-electron chi connectivity index (χ3n) is 2.73. The Morgan fingerprint density at radius 1 is 1.33 bits per heavy atom. The fourth-order valence-electron chi connectivity index (χ4n) is 1.81. The number of halogens is 1. The fraction of sp³-hybridized carbons (Fsp3) is 0.385. The standard InChI is InChI=1S/C13H17ClN4/c1-2-7-18-13(16-10-17-18)9-15-12-6-4-3-5-11(12)8-14/h3-6,10,15H,2,7-9H2,1H3. The maximum atomic E-state index is 5.90. The second-order valence-corrected chi connectivity index (χ2v) is 4.31. The molecule has 0 atom stereocenters. The first-order valence-corrected chi connectivity index (χ1v) is 6.63. The zero-order chi connectivity index (χ0) is 12.8. The van der Waals surface area contributed by atoms with Gasteiger partial charge in [-0.3, -0.25) is 0 Å². The Balaban J connectivity index is 2.04. The van der Waals surface area contributed by atoms with Gasteiger partial charge in [0.1, 0.15) is 12.2 Å². The zero-order valence-electron chi connectivity index (χ0n) is 10.4. The molecule has 4 nitrogen and oxygen atoms in total. The molecule has 0 aliphatic carbocycles.